The van der Waals surface area contributed by atoms with Gasteiger partial charge in [0.2, 0.25) is 0 Å². The van der Waals surface area contributed by atoms with Gasteiger partial charge in [-0.3, -0.25) is 4.79 Å². The van der Waals surface area contributed by atoms with Gasteiger partial charge in [-0.05, 0) is 18.1 Å². The number of carbonyl (C=O) groups is 1. The normalized spacial score (nSPS) is 13.1. The summed E-state index contributed by atoms with van der Waals surface area (Å²) in [5.41, 5.74) is 1.78. The van der Waals surface area contributed by atoms with Crippen molar-refractivity contribution in [3.63, 3.8) is 0 Å². The van der Waals surface area contributed by atoms with E-state index in [0.29, 0.717) is 5.75 Å². The van der Waals surface area contributed by atoms with E-state index in [1.54, 1.807) is 12.3 Å². The Labute approximate surface area is 81.6 Å². The molecule has 72 valence electrons. The summed E-state index contributed by atoms with van der Waals surface area (Å²) in [7, 11) is 0. The highest BCUT2D eigenvalue weighted by atomic mass is 16.5. The van der Waals surface area contributed by atoms with Gasteiger partial charge in [0.25, 0.3) is 0 Å². The summed E-state index contributed by atoms with van der Waals surface area (Å²) >= 11 is 0. The van der Waals surface area contributed by atoms with E-state index in [-0.39, 0.29) is 6.42 Å². The molecule has 3 heteroatoms. The average molecular weight is 190 g/mol. The van der Waals surface area contributed by atoms with Gasteiger partial charge in [0, 0.05) is 5.56 Å². The maximum absolute atomic E-state index is 10.6. The van der Waals surface area contributed by atoms with E-state index in [0.717, 1.165) is 17.5 Å². The smallest absolute Gasteiger partial charge is 0.307 e. The number of rotatable bonds is 2. The largest absolute Gasteiger partial charge is 0.481 e. The zero-order valence-corrected chi connectivity index (χ0v) is 7.56. The second kappa shape index (κ2) is 3.54. The molecule has 1 aliphatic rings. The lowest BCUT2D eigenvalue weighted by Crippen LogP contribution is -2.05. The summed E-state index contributed by atoms with van der Waals surface area (Å²) in [6.07, 6.45) is 4.33. The highest BCUT2D eigenvalue weighted by Gasteiger charge is 2.13. The van der Waals surface area contributed by atoms with Crippen LogP contribution in [0.5, 0.6) is 5.75 Å². The van der Waals surface area contributed by atoms with E-state index in [4.69, 9.17) is 9.84 Å². The number of aliphatic carboxylic acids is 1. The number of fused-ring (bicyclic) bond motifs is 1. The SMILES string of the molecule is O=C(O)Cc1cccc2c1OC=CC2. The summed E-state index contributed by atoms with van der Waals surface area (Å²) in [5.74, 6) is -0.131. The van der Waals surface area contributed by atoms with Crippen LogP contribution in [0.2, 0.25) is 0 Å². The van der Waals surface area contributed by atoms with Gasteiger partial charge in [0.15, 0.2) is 0 Å². The van der Waals surface area contributed by atoms with Crippen LogP contribution in [0.15, 0.2) is 30.5 Å². The van der Waals surface area contributed by atoms with Crippen LogP contribution >= 0.6 is 0 Å². The number of hydrogen-bond acceptors (Lipinski definition) is 2. The Morgan fingerprint density at radius 3 is 3.14 bits per heavy atom. The Morgan fingerprint density at radius 1 is 1.50 bits per heavy atom. The van der Waals surface area contributed by atoms with E-state index in [1.807, 2.05) is 18.2 Å². The maximum atomic E-state index is 10.6. The van der Waals surface area contributed by atoms with Crippen molar-refractivity contribution in [2.24, 2.45) is 0 Å². The number of para-hydroxylation sites is 1. The van der Waals surface area contributed by atoms with E-state index in [9.17, 15) is 4.79 Å². The Bertz CT molecular complexity index is 394. The molecular weight excluding hydrogens is 180 g/mol. The van der Waals surface area contributed by atoms with Gasteiger partial charge in [-0.2, -0.15) is 0 Å². The molecule has 1 aliphatic heterocycles. The lowest BCUT2D eigenvalue weighted by Gasteiger charge is -2.14. The minimum absolute atomic E-state index is 0.0109. The Balaban J connectivity index is 2.37. The first-order valence-corrected chi connectivity index (χ1v) is 4.41. The maximum Gasteiger partial charge on any atom is 0.307 e. The minimum atomic E-state index is -0.837. The van der Waals surface area contributed by atoms with Crippen molar-refractivity contribution in [1.82, 2.24) is 0 Å². The molecule has 0 unspecified atom stereocenters. The third-order valence-electron chi connectivity index (χ3n) is 2.14. The molecule has 3 nitrogen and oxygen atoms in total. The first kappa shape index (κ1) is 8.81. The molecule has 0 aliphatic carbocycles. The summed E-state index contributed by atoms with van der Waals surface area (Å²) in [6.45, 7) is 0. The second-order valence-electron chi connectivity index (χ2n) is 3.17. The number of carboxylic acid groups (broad SMARTS) is 1. The predicted molar refractivity (Wildman–Crippen MR) is 51.3 cm³/mol. The molecule has 0 saturated heterocycles. The van der Waals surface area contributed by atoms with Crippen LogP contribution in [0.1, 0.15) is 11.1 Å². The number of hydrogen-bond donors (Lipinski definition) is 1. The fraction of sp³-hybridized carbons (Fsp3) is 0.182. The summed E-state index contributed by atoms with van der Waals surface area (Å²) in [4.78, 5) is 10.6. The third-order valence-corrected chi connectivity index (χ3v) is 2.14. The standard InChI is InChI=1S/C11H10O3/c12-10(13)7-9-4-1-3-8-5-2-6-14-11(8)9/h1-4,6H,5,7H2,(H,12,13). The monoisotopic (exact) mass is 190 g/mol. The number of ether oxygens (including phenoxy) is 1. The minimum Gasteiger partial charge on any atom is -0.481 e. The van der Waals surface area contributed by atoms with E-state index >= 15 is 0 Å². The molecular formula is C11H10O3. The van der Waals surface area contributed by atoms with Crippen LogP contribution in [0.25, 0.3) is 0 Å². The van der Waals surface area contributed by atoms with Crippen LogP contribution in [0, 0.1) is 0 Å². The molecule has 0 radical (unpaired) electrons. The highest BCUT2D eigenvalue weighted by molar-refractivity contribution is 5.71. The van der Waals surface area contributed by atoms with Gasteiger partial charge in [-0.1, -0.05) is 18.2 Å². The van der Waals surface area contributed by atoms with E-state index in [1.165, 1.54) is 0 Å². The van der Waals surface area contributed by atoms with Crippen molar-refractivity contribution in [3.05, 3.63) is 41.7 Å². The fourth-order valence-corrected chi connectivity index (χ4v) is 1.54. The number of benzene rings is 1. The van der Waals surface area contributed by atoms with Crippen molar-refractivity contribution in [1.29, 1.82) is 0 Å². The molecule has 1 heterocycles. The first-order chi connectivity index (χ1) is 6.77. The van der Waals surface area contributed by atoms with Crippen molar-refractivity contribution in [3.8, 4) is 5.75 Å². The first-order valence-electron chi connectivity index (χ1n) is 4.41. The molecule has 1 aromatic rings. The number of carboxylic acids is 1. The van der Waals surface area contributed by atoms with Gasteiger partial charge < -0.3 is 9.84 Å². The molecule has 1 aromatic carbocycles. The highest BCUT2D eigenvalue weighted by Crippen LogP contribution is 2.28. The molecule has 0 aromatic heterocycles. The molecule has 0 saturated carbocycles. The molecule has 2 rings (SSSR count). The van der Waals surface area contributed by atoms with Crippen molar-refractivity contribution < 1.29 is 14.6 Å². The molecule has 0 amide bonds. The lowest BCUT2D eigenvalue weighted by atomic mass is 10.0. The zero-order valence-electron chi connectivity index (χ0n) is 7.56. The average Bonchev–Trinajstić information content (AvgIpc) is 2.18. The van der Waals surface area contributed by atoms with Crippen LogP contribution < -0.4 is 4.74 Å². The van der Waals surface area contributed by atoms with Gasteiger partial charge in [-0.25, -0.2) is 0 Å². The zero-order chi connectivity index (χ0) is 9.97. The van der Waals surface area contributed by atoms with Crippen molar-refractivity contribution >= 4 is 5.97 Å². The summed E-state index contributed by atoms with van der Waals surface area (Å²) < 4.78 is 5.31. The molecule has 14 heavy (non-hydrogen) atoms. The molecule has 1 N–H and O–H groups in total. The Kier molecular flexibility index (Phi) is 2.23. The van der Waals surface area contributed by atoms with Gasteiger partial charge >= 0.3 is 5.97 Å². The Hall–Kier alpha value is -1.77. The van der Waals surface area contributed by atoms with Gasteiger partial charge in [0.05, 0.1) is 12.7 Å². The summed E-state index contributed by atoms with van der Waals surface area (Å²) in [5, 5.41) is 8.69. The summed E-state index contributed by atoms with van der Waals surface area (Å²) in [6, 6.07) is 5.59. The quantitative estimate of drug-likeness (QED) is 0.772. The van der Waals surface area contributed by atoms with Crippen LogP contribution in [-0.2, 0) is 17.6 Å². The number of allylic oxidation sites excluding steroid dienone is 1. The van der Waals surface area contributed by atoms with Crippen molar-refractivity contribution in [2.75, 3.05) is 0 Å². The third kappa shape index (κ3) is 1.62. The fourth-order valence-electron chi connectivity index (χ4n) is 1.54. The second-order valence-corrected chi connectivity index (χ2v) is 3.17. The van der Waals surface area contributed by atoms with Crippen LogP contribution in [0.3, 0.4) is 0 Å². The van der Waals surface area contributed by atoms with Gasteiger partial charge in [0.1, 0.15) is 5.75 Å². The topological polar surface area (TPSA) is 46.5 Å². The molecule has 0 atom stereocenters. The van der Waals surface area contributed by atoms with Crippen LogP contribution in [0.4, 0.5) is 0 Å². The van der Waals surface area contributed by atoms with E-state index in [2.05, 4.69) is 0 Å². The Morgan fingerprint density at radius 2 is 2.36 bits per heavy atom. The van der Waals surface area contributed by atoms with Crippen molar-refractivity contribution in [2.45, 2.75) is 12.8 Å². The molecule has 0 spiro atoms. The van der Waals surface area contributed by atoms with Gasteiger partial charge in [-0.15, -0.1) is 0 Å². The van der Waals surface area contributed by atoms with E-state index < -0.39 is 5.97 Å². The van der Waals surface area contributed by atoms with Crippen LogP contribution in [-0.4, -0.2) is 11.1 Å². The lowest BCUT2D eigenvalue weighted by molar-refractivity contribution is -0.136. The molecule has 0 bridgehead atoms. The molecule has 0 fully saturated rings. The predicted octanol–water partition coefficient (Wildman–Crippen LogP) is 1.76.